The van der Waals surface area contributed by atoms with Crippen LogP contribution in [-0.4, -0.2) is 5.78 Å². The van der Waals surface area contributed by atoms with Crippen molar-refractivity contribution in [3.05, 3.63) is 63.9 Å². The third-order valence-electron chi connectivity index (χ3n) is 3.25. The Kier molecular flexibility index (Phi) is 4.55. The molecule has 0 aliphatic heterocycles. The van der Waals surface area contributed by atoms with Crippen LogP contribution < -0.4 is 5.73 Å². The zero-order chi connectivity index (χ0) is 14.7. The maximum absolute atomic E-state index is 13.9. The van der Waals surface area contributed by atoms with Crippen LogP contribution in [0.5, 0.6) is 0 Å². The molecule has 2 rings (SSSR count). The van der Waals surface area contributed by atoms with E-state index in [1.165, 1.54) is 6.07 Å². The van der Waals surface area contributed by atoms with Crippen molar-refractivity contribution in [2.24, 2.45) is 0 Å². The number of rotatable bonds is 4. The van der Waals surface area contributed by atoms with Crippen molar-refractivity contribution in [2.45, 2.75) is 19.3 Å². The van der Waals surface area contributed by atoms with E-state index < -0.39 is 5.82 Å². The van der Waals surface area contributed by atoms with E-state index in [0.717, 1.165) is 5.56 Å². The number of hydrogen-bond acceptors (Lipinski definition) is 2. The molecule has 1 unspecified atom stereocenters. The van der Waals surface area contributed by atoms with Crippen molar-refractivity contribution >= 4 is 27.4 Å². The summed E-state index contributed by atoms with van der Waals surface area (Å²) in [6.07, 6.45) is 0.261. The standard InChI is InChI=1S/C16H15BrFNO/c1-10(11-5-7-12(19)8-6-11)9-15(20)13-3-2-4-14(17)16(13)18/h2-8,10H,9,19H2,1H3. The molecule has 20 heavy (non-hydrogen) atoms. The largest absolute Gasteiger partial charge is 0.399 e. The van der Waals surface area contributed by atoms with Crippen LogP contribution in [0.3, 0.4) is 0 Å². The first-order chi connectivity index (χ1) is 9.49. The highest BCUT2D eigenvalue weighted by molar-refractivity contribution is 9.10. The van der Waals surface area contributed by atoms with Crippen molar-refractivity contribution in [1.29, 1.82) is 0 Å². The third-order valence-corrected chi connectivity index (χ3v) is 3.86. The van der Waals surface area contributed by atoms with Gasteiger partial charge in [0.2, 0.25) is 0 Å². The number of benzene rings is 2. The number of nitrogens with two attached hydrogens (primary N) is 1. The predicted molar refractivity (Wildman–Crippen MR) is 82.3 cm³/mol. The Morgan fingerprint density at radius 2 is 1.90 bits per heavy atom. The van der Waals surface area contributed by atoms with Gasteiger partial charge in [-0.25, -0.2) is 4.39 Å². The van der Waals surface area contributed by atoms with Crippen molar-refractivity contribution < 1.29 is 9.18 Å². The highest BCUT2D eigenvalue weighted by Crippen LogP contribution is 2.25. The molecule has 0 saturated heterocycles. The molecular weight excluding hydrogens is 321 g/mol. The molecule has 2 aromatic carbocycles. The number of halogens is 2. The fraction of sp³-hybridized carbons (Fsp3) is 0.188. The molecule has 0 aliphatic carbocycles. The Hall–Kier alpha value is -1.68. The van der Waals surface area contributed by atoms with Gasteiger partial charge in [0.15, 0.2) is 5.78 Å². The lowest BCUT2D eigenvalue weighted by molar-refractivity contribution is 0.0971. The van der Waals surface area contributed by atoms with Gasteiger partial charge in [0.05, 0.1) is 10.0 Å². The van der Waals surface area contributed by atoms with Crippen molar-refractivity contribution in [3.63, 3.8) is 0 Å². The Labute approximate surface area is 125 Å². The van der Waals surface area contributed by atoms with Gasteiger partial charge in [-0.2, -0.15) is 0 Å². The molecule has 2 aromatic rings. The Morgan fingerprint density at radius 1 is 1.25 bits per heavy atom. The van der Waals surface area contributed by atoms with E-state index in [1.54, 1.807) is 24.3 Å². The smallest absolute Gasteiger partial charge is 0.166 e. The maximum Gasteiger partial charge on any atom is 0.166 e. The van der Waals surface area contributed by atoms with E-state index in [1.807, 2.05) is 19.1 Å². The zero-order valence-corrected chi connectivity index (χ0v) is 12.7. The van der Waals surface area contributed by atoms with Gasteiger partial charge in [0.1, 0.15) is 5.82 Å². The Balaban J connectivity index is 2.15. The van der Waals surface area contributed by atoms with Gasteiger partial charge in [0, 0.05) is 12.1 Å². The molecule has 0 saturated carbocycles. The molecule has 4 heteroatoms. The summed E-state index contributed by atoms with van der Waals surface area (Å²) in [6.45, 7) is 1.94. The number of carbonyl (C=O) groups excluding carboxylic acids is 1. The first-order valence-corrected chi connectivity index (χ1v) is 7.11. The van der Waals surface area contributed by atoms with Crippen LogP contribution in [-0.2, 0) is 0 Å². The van der Waals surface area contributed by atoms with Crippen molar-refractivity contribution in [2.75, 3.05) is 5.73 Å². The van der Waals surface area contributed by atoms with Gasteiger partial charge < -0.3 is 5.73 Å². The molecular formula is C16H15BrFNO. The van der Waals surface area contributed by atoms with Crippen molar-refractivity contribution in [1.82, 2.24) is 0 Å². The Morgan fingerprint density at radius 3 is 2.55 bits per heavy atom. The SMILES string of the molecule is CC(CC(=O)c1cccc(Br)c1F)c1ccc(N)cc1. The predicted octanol–water partition coefficient (Wildman–Crippen LogP) is 4.55. The van der Waals surface area contributed by atoms with Crippen LogP contribution in [0.4, 0.5) is 10.1 Å². The molecule has 0 aliphatic rings. The molecule has 2 N–H and O–H groups in total. The van der Waals surface area contributed by atoms with Gasteiger partial charge in [-0.3, -0.25) is 4.79 Å². The molecule has 0 bridgehead atoms. The topological polar surface area (TPSA) is 43.1 Å². The summed E-state index contributed by atoms with van der Waals surface area (Å²) >= 11 is 3.09. The quantitative estimate of drug-likeness (QED) is 0.658. The second-order valence-corrected chi connectivity index (χ2v) is 5.65. The first kappa shape index (κ1) is 14.7. The number of ketones is 1. The number of hydrogen-bond donors (Lipinski definition) is 1. The van der Waals surface area contributed by atoms with E-state index in [2.05, 4.69) is 15.9 Å². The molecule has 0 heterocycles. The summed E-state index contributed by atoms with van der Waals surface area (Å²) in [5.41, 5.74) is 7.46. The van der Waals surface area contributed by atoms with Crippen LogP contribution in [0, 0.1) is 5.82 Å². The lowest BCUT2D eigenvalue weighted by Crippen LogP contribution is -2.07. The van der Waals surface area contributed by atoms with Gasteiger partial charge in [-0.1, -0.05) is 25.1 Å². The monoisotopic (exact) mass is 335 g/mol. The number of carbonyl (C=O) groups is 1. The molecule has 0 aromatic heterocycles. The summed E-state index contributed by atoms with van der Waals surface area (Å²) in [5, 5.41) is 0. The fourth-order valence-electron chi connectivity index (χ4n) is 2.05. The molecule has 0 amide bonds. The second kappa shape index (κ2) is 6.18. The number of anilines is 1. The fourth-order valence-corrected chi connectivity index (χ4v) is 2.42. The molecule has 0 spiro atoms. The summed E-state index contributed by atoms with van der Waals surface area (Å²) < 4.78 is 14.2. The summed E-state index contributed by atoms with van der Waals surface area (Å²) in [7, 11) is 0. The lowest BCUT2D eigenvalue weighted by atomic mass is 9.93. The van der Waals surface area contributed by atoms with Gasteiger partial charge in [-0.15, -0.1) is 0 Å². The highest BCUT2D eigenvalue weighted by atomic mass is 79.9. The van der Waals surface area contributed by atoms with Crippen LogP contribution in [0.1, 0.15) is 35.2 Å². The normalized spacial score (nSPS) is 12.2. The van der Waals surface area contributed by atoms with Crippen molar-refractivity contribution in [3.8, 4) is 0 Å². The minimum absolute atomic E-state index is 0.0153. The molecule has 1 atom stereocenters. The van der Waals surface area contributed by atoms with E-state index in [-0.39, 0.29) is 23.7 Å². The summed E-state index contributed by atoms with van der Waals surface area (Å²) in [4.78, 5) is 12.2. The van der Waals surface area contributed by atoms with E-state index >= 15 is 0 Å². The lowest BCUT2D eigenvalue weighted by Gasteiger charge is -2.12. The molecule has 104 valence electrons. The van der Waals surface area contributed by atoms with Crippen LogP contribution >= 0.6 is 15.9 Å². The minimum Gasteiger partial charge on any atom is -0.399 e. The molecule has 2 nitrogen and oxygen atoms in total. The average Bonchev–Trinajstić information content (AvgIpc) is 2.42. The van der Waals surface area contributed by atoms with Gasteiger partial charge >= 0.3 is 0 Å². The second-order valence-electron chi connectivity index (χ2n) is 4.80. The molecule has 0 radical (unpaired) electrons. The number of nitrogen functional groups attached to an aromatic ring is 1. The van der Waals surface area contributed by atoms with Crippen LogP contribution in [0.2, 0.25) is 0 Å². The first-order valence-electron chi connectivity index (χ1n) is 6.31. The van der Waals surface area contributed by atoms with Crippen LogP contribution in [0.25, 0.3) is 0 Å². The van der Waals surface area contributed by atoms with E-state index in [9.17, 15) is 9.18 Å². The van der Waals surface area contributed by atoms with Crippen LogP contribution in [0.15, 0.2) is 46.9 Å². The molecule has 0 fully saturated rings. The zero-order valence-electron chi connectivity index (χ0n) is 11.1. The van der Waals surface area contributed by atoms with E-state index in [4.69, 9.17) is 5.73 Å². The minimum atomic E-state index is -0.498. The summed E-state index contributed by atoms with van der Waals surface area (Å²) in [6, 6.07) is 12.1. The average molecular weight is 336 g/mol. The Bertz CT molecular complexity index is 625. The third kappa shape index (κ3) is 3.25. The van der Waals surface area contributed by atoms with Gasteiger partial charge in [-0.05, 0) is 51.7 Å². The highest BCUT2D eigenvalue weighted by Gasteiger charge is 2.17. The maximum atomic E-state index is 13.9. The van der Waals surface area contributed by atoms with Gasteiger partial charge in [0.25, 0.3) is 0 Å². The number of Topliss-reactive ketones (excluding diaryl/α,β-unsaturated/α-hetero) is 1. The van der Waals surface area contributed by atoms with E-state index in [0.29, 0.717) is 10.2 Å². The summed E-state index contributed by atoms with van der Waals surface area (Å²) in [5.74, 6) is -0.684.